The maximum atomic E-state index is 5.39. The average Bonchev–Trinajstić information content (AvgIpc) is 3.29. The summed E-state index contributed by atoms with van der Waals surface area (Å²) in [6, 6.07) is 3.91. The van der Waals surface area contributed by atoms with Crippen LogP contribution in [0.2, 0.25) is 0 Å². The van der Waals surface area contributed by atoms with Crippen LogP contribution in [-0.2, 0) is 30.5 Å². The topological polar surface area (TPSA) is 62.9 Å². The van der Waals surface area contributed by atoms with E-state index in [-0.39, 0.29) is 0 Å². The van der Waals surface area contributed by atoms with Gasteiger partial charge in [0.05, 0.1) is 31.7 Å². The van der Waals surface area contributed by atoms with E-state index < -0.39 is 0 Å². The number of thiazole rings is 1. The van der Waals surface area contributed by atoms with Crippen molar-refractivity contribution in [3.05, 3.63) is 39.7 Å². The number of aliphatic imine (C=N–C) groups is 1. The summed E-state index contributed by atoms with van der Waals surface area (Å²) >= 11 is 1.86. The molecule has 1 aliphatic carbocycles. The molecule has 142 valence electrons. The summed E-state index contributed by atoms with van der Waals surface area (Å²) in [5, 5.41) is 4.61. The van der Waals surface area contributed by atoms with E-state index in [4.69, 9.17) is 14.1 Å². The van der Waals surface area contributed by atoms with E-state index in [9.17, 15) is 0 Å². The minimum absolute atomic E-state index is 0.614. The molecule has 1 N–H and O–H groups in total. The summed E-state index contributed by atoms with van der Waals surface area (Å²) in [5.41, 5.74) is 1.31. The zero-order valence-corrected chi connectivity index (χ0v) is 16.5. The van der Waals surface area contributed by atoms with Gasteiger partial charge in [0.1, 0.15) is 10.8 Å². The van der Waals surface area contributed by atoms with Crippen LogP contribution in [0.15, 0.2) is 27.8 Å². The average molecular weight is 377 g/mol. The molecule has 0 saturated heterocycles. The van der Waals surface area contributed by atoms with Crippen LogP contribution in [-0.4, -0.2) is 49.7 Å². The highest BCUT2D eigenvalue weighted by Crippen LogP contribution is 2.27. The molecule has 2 aromatic rings. The fourth-order valence-corrected chi connectivity index (χ4v) is 4.27. The van der Waals surface area contributed by atoms with E-state index in [2.05, 4.69) is 22.3 Å². The van der Waals surface area contributed by atoms with Crippen molar-refractivity contribution in [2.24, 2.45) is 4.99 Å². The molecule has 2 aromatic heterocycles. The first kappa shape index (κ1) is 18.9. The van der Waals surface area contributed by atoms with Crippen molar-refractivity contribution < 1.29 is 9.15 Å². The number of methoxy groups -OCH3 is 1. The molecule has 0 bridgehead atoms. The van der Waals surface area contributed by atoms with E-state index in [0.717, 1.165) is 37.7 Å². The van der Waals surface area contributed by atoms with Crippen molar-refractivity contribution in [3.8, 4) is 0 Å². The van der Waals surface area contributed by atoms with Crippen LogP contribution >= 0.6 is 11.3 Å². The van der Waals surface area contributed by atoms with Gasteiger partial charge in [-0.2, -0.15) is 0 Å². The molecule has 6 nitrogen and oxygen atoms in total. The number of fused-ring (bicyclic) bond motifs is 1. The van der Waals surface area contributed by atoms with Gasteiger partial charge in [-0.15, -0.1) is 11.3 Å². The van der Waals surface area contributed by atoms with Crippen LogP contribution in [0.25, 0.3) is 0 Å². The smallest absolute Gasteiger partial charge is 0.194 e. The maximum absolute atomic E-state index is 5.39. The second-order valence-electron chi connectivity index (χ2n) is 6.49. The van der Waals surface area contributed by atoms with Crippen molar-refractivity contribution in [3.63, 3.8) is 0 Å². The molecule has 0 aliphatic heterocycles. The van der Waals surface area contributed by atoms with Crippen molar-refractivity contribution in [2.75, 3.05) is 33.9 Å². The van der Waals surface area contributed by atoms with Crippen LogP contribution in [0.3, 0.4) is 0 Å². The van der Waals surface area contributed by atoms with Crippen LogP contribution in [0, 0.1) is 0 Å². The predicted octanol–water partition coefficient (Wildman–Crippen LogP) is 2.88. The van der Waals surface area contributed by atoms with E-state index >= 15 is 0 Å². The van der Waals surface area contributed by atoms with Gasteiger partial charge in [0, 0.05) is 32.0 Å². The maximum Gasteiger partial charge on any atom is 0.194 e. The summed E-state index contributed by atoms with van der Waals surface area (Å²) in [4.78, 5) is 13.1. The fraction of sp³-hybridized carbons (Fsp3) is 0.579. The number of rotatable bonds is 8. The fourth-order valence-electron chi connectivity index (χ4n) is 3.06. The molecule has 26 heavy (non-hydrogen) atoms. The Hall–Kier alpha value is -1.86. The zero-order chi connectivity index (χ0) is 18.2. The molecule has 0 radical (unpaired) electrons. The first-order chi connectivity index (χ1) is 12.8. The third-order valence-corrected chi connectivity index (χ3v) is 5.56. The van der Waals surface area contributed by atoms with Crippen LogP contribution < -0.4 is 5.32 Å². The molecule has 3 rings (SSSR count). The first-order valence-corrected chi connectivity index (χ1v) is 10.1. The van der Waals surface area contributed by atoms with E-state index in [0.29, 0.717) is 13.2 Å². The first-order valence-electron chi connectivity index (χ1n) is 9.24. The Morgan fingerprint density at radius 2 is 2.31 bits per heavy atom. The zero-order valence-electron chi connectivity index (χ0n) is 15.7. The SMILES string of the molecule is COCCN=C(NCCc1ccco1)N(C)Cc1nc2c(s1)CCCC2. The summed E-state index contributed by atoms with van der Waals surface area (Å²) in [6.07, 6.45) is 7.42. The Balaban J connectivity index is 1.58. The molecule has 7 heteroatoms. The van der Waals surface area contributed by atoms with Crippen molar-refractivity contribution in [1.29, 1.82) is 0 Å². The molecule has 0 unspecified atom stereocenters. The Morgan fingerprint density at radius 3 is 3.08 bits per heavy atom. The summed E-state index contributed by atoms with van der Waals surface area (Å²) in [7, 11) is 3.76. The molecular formula is C19H28N4O2S. The normalized spacial score (nSPS) is 14.3. The lowest BCUT2D eigenvalue weighted by atomic mass is 10.0. The minimum Gasteiger partial charge on any atom is -0.469 e. The molecule has 0 amide bonds. The number of aromatic nitrogens is 1. The monoisotopic (exact) mass is 376 g/mol. The van der Waals surface area contributed by atoms with E-state index in [1.165, 1.54) is 34.8 Å². The molecule has 0 atom stereocenters. The number of furan rings is 1. The number of hydrogen-bond donors (Lipinski definition) is 1. The summed E-state index contributed by atoms with van der Waals surface area (Å²) in [5.74, 6) is 1.85. The lowest BCUT2D eigenvalue weighted by Crippen LogP contribution is -2.39. The molecule has 0 spiro atoms. The van der Waals surface area contributed by atoms with Crippen molar-refractivity contribution in [1.82, 2.24) is 15.2 Å². The van der Waals surface area contributed by atoms with Gasteiger partial charge in [-0.05, 0) is 37.8 Å². The number of nitrogens with one attached hydrogen (secondary N) is 1. The molecule has 0 saturated carbocycles. The number of nitrogens with zero attached hydrogens (tertiary/aromatic N) is 3. The van der Waals surface area contributed by atoms with Gasteiger partial charge in [-0.3, -0.25) is 4.99 Å². The largest absolute Gasteiger partial charge is 0.469 e. The Bertz CT molecular complexity index is 673. The van der Waals surface area contributed by atoms with Crippen molar-refractivity contribution in [2.45, 2.75) is 38.6 Å². The van der Waals surface area contributed by atoms with Gasteiger partial charge in [0.25, 0.3) is 0 Å². The van der Waals surface area contributed by atoms with Gasteiger partial charge in [-0.1, -0.05) is 0 Å². The van der Waals surface area contributed by atoms with E-state index in [1.807, 2.05) is 23.5 Å². The van der Waals surface area contributed by atoms with E-state index in [1.54, 1.807) is 13.4 Å². The van der Waals surface area contributed by atoms with Gasteiger partial charge >= 0.3 is 0 Å². The quantitative estimate of drug-likeness (QED) is 0.436. The second-order valence-corrected chi connectivity index (χ2v) is 7.66. The summed E-state index contributed by atoms with van der Waals surface area (Å²) in [6.45, 7) is 2.80. The number of ether oxygens (including phenoxy) is 1. The highest BCUT2D eigenvalue weighted by Gasteiger charge is 2.17. The van der Waals surface area contributed by atoms with Crippen molar-refractivity contribution >= 4 is 17.3 Å². The Kier molecular flexibility index (Phi) is 7.08. The highest BCUT2D eigenvalue weighted by molar-refractivity contribution is 7.11. The number of hydrogen-bond acceptors (Lipinski definition) is 5. The third kappa shape index (κ3) is 5.32. The Morgan fingerprint density at radius 1 is 1.42 bits per heavy atom. The van der Waals surface area contributed by atoms with Crippen LogP contribution in [0.1, 0.15) is 34.2 Å². The van der Waals surface area contributed by atoms with Crippen LogP contribution in [0.4, 0.5) is 0 Å². The molecule has 0 fully saturated rings. The third-order valence-electron chi connectivity index (χ3n) is 4.42. The number of aryl methyl sites for hydroxylation is 2. The Labute approximate surface area is 159 Å². The minimum atomic E-state index is 0.614. The van der Waals surface area contributed by atoms with Crippen LogP contribution in [0.5, 0.6) is 0 Å². The standard InChI is InChI=1S/C19H28N4O2S/c1-23(14-18-22-16-7-3-4-8-17(16)26-18)19(21-11-13-24-2)20-10-9-15-6-5-12-25-15/h5-6,12H,3-4,7-11,13-14H2,1-2H3,(H,20,21). The van der Waals surface area contributed by atoms with Gasteiger partial charge in [0.15, 0.2) is 5.96 Å². The lowest BCUT2D eigenvalue weighted by Gasteiger charge is -2.21. The molecular weight excluding hydrogens is 348 g/mol. The summed E-state index contributed by atoms with van der Waals surface area (Å²) < 4.78 is 10.5. The van der Waals surface area contributed by atoms with Gasteiger partial charge in [0.2, 0.25) is 0 Å². The number of guanidine groups is 1. The molecule has 0 aromatic carbocycles. The van der Waals surface area contributed by atoms with Gasteiger partial charge < -0.3 is 19.4 Å². The highest BCUT2D eigenvalue weighted by atomic mass is 32.1. The lowest BCUT2D eigenvalue weighted by molar-refractivity contribution is 0.207. The van der Waals surface area contributed by atoms with Gasteiger partial charge in [-0.25, -0.2) is 4.98 Å². The molecule has 1 aliphatic rings. The predicted molar refractivity (Wildman–Crippen MR) is 105 cm³/mol. The molecule has 2 heterocycles. The second kappa shape index (κ2) is 9.73.